The molecule has 1 aromatic rings. The van der Waals surface area contributed by atoms with Crippen molar-refractivity contribution in [3.05, 3.63) is 29.8 Å². The molecule has 0 amide bonds. The number of anilines is 1. The van der Waals surface area contributed by atoms with Crippen molar-refractivity contribution in [1.82, 2.24) is 0 Å². The first-order valence-corrected chi connectivity index (χ1v) is 6.96. The zero-order valence-corrected chi connectivity index (χ0v) is 11.5. The van der Waals surface area contributed by atoms with Crippen molar-refractivity contribution in [2.45, 2.75) is 32.0 Å². The monoisotopic (exact) mass is 265 g/mol. The van der Waals surface area contributed by atoms with Crippen LogP contribution in [0.3, 0.4) is 0 Å². The van der Waals surface area contributed by atoms with Crippen molar-refractivity contribution in [3.8, 4) is 0 Å². The van der Waals surface area contributed by atoms with Gasteiger partial charge in [0, 0.05) is 18.8 Å². The third-order valence-electron chi connectivity index (χ3n) is 3.63. The first kappa shape index (κ1) is 14.3. The summed E-state index contributed by atoms with van der Waals surface area (Å²) < 4.78 is 5.56. The lowest BCUT2D eigenvalue weighted by Crippen LogP contribution is -2.37. The Bertz CT molecular complexity index is 369. The van der Waals surface area contributed by atoms with Crippen LogP contribution in [0.1, 0.15) is 31.4 Å². The lowest BCUT2D eigenvalue weighted by atomic mass is 10.1. The molecule has 0 aliphatic carbocycles. The zero-order valence-electron chi connectivity index (χ0n) is 11.5. The number of nitrogens with zero attached hydrogens (tertiary/aromatic N) is 1. The van der Waals surface area contributed by atoms with E-state index in [1.165, 1.54) is 5.69 Å². The van der Waals surface area contributed by atoms with E-state index in [1.807, 2.05) is 12.1 Å². The van der Waals surface area contributed by atoms with Crippen molar-refractivity contribution >= 4 is 5.69 Å². The molecule has 0 unspecified atom stereocenters. The summed E-state index contributed by atoms with van der Waals surface area (Å²) in [6.07, 6.45) is 1.86. The Hall–Kier alpha value is -1.10. The van der Waals surface area contributed by atoms with Crippen molar-refractivity contribution in [2.75, 3.05) is 31.2 Å². The van der Waals surface area contributed by atoms with E-state index in [-0.39, 0.29) is 12.7 Å². The molecule has 1 saturated heterocycles. The van der Waals surface area contributed by atoms with Crippen molar-refractivity contribution < 1.29 is 14.9 Å². The van der Waals surface area contributed by atoms with Gasteiger partial charge in [-0.1, -0.05) is 12.1 Å². The number of aliphatic hydroxyl groups is 2. The molecule has 1 aromatic carbocycles. The van der Waals surface area contributed by atoms with Crippen LogP contribution in [-0.2, 0) is 4.74 Å². The summed E-state index contributed by atoms with van der Waals surface area (Å²) >= 11 is 0. The minimum absolute atomic E-state index is 0.0982. The van der Waals surface area contributed by atoms with Crippen LogP contribution in [0.2, 0.25) is 0 Å². The van der Waals surface area contributed by atoms with Crippen molar-refractivity contribution in [2.24, 2.45) is 0 Å². The average molecular weight is 265 g/mol. The third-order valence-corrected chi connectivity index (χ3v) is 3.63. The molecule has 2 N–H and O–H groups in total. The van der Waals surface area contributed by atoms with Gasteiger partial charge in [-0.25, -0.2) is 0 Å². The van der Waals surface area contributed by atoms with Crippen LogP contribution in [0, 0.1) is 0 Å². The van der Waals surface area contributed by atoms with Crippen molar-refractivity contribution in [3.63, 3.8) is 0 Å². The minimum atomic E-state index is -0.410. The number of ether oxygens (including phenoxy) is 1. The Balaban J connectivity index is 1.87. The Kier molecular flexibility index (Phi) is 5.19. The van der Waals surface area contributed by atoms with Gasteiger partial charge in [0.15, 0.2) is 0 Å². The lowest BCUT2D eigenvalue weighted by molar-refractivity contribution is 0.0159. The standard InChI is InChI=1S/C15H23NO3/c1-12(18)13-2-4-14(5-3-13)16-8-6-15(7-9-16)19-11-10-17/h2-5,12,15,17-18H,6-11H2,1H3/t12-/m1/s1. The van der Waals surface area contributed by atoms with Gasteiger partial charge in [-0.2, -0.15) is 0 Å². The van der Waals surface area contributed by atoms with E-state index in [0.717, 1.165) is 31.5 Å². The van der Waals surface area contributed by atoms with Crippen LogP contribution in [0.25, 0.3) is 0 Å². The molecule has 19 heavy (non-hydrogen) atoms. The Morgan fingerprint density at radius 1 is 1.26 bits per heavy atom. The van der Waals surface area contributed by atoms with Gasteiger partial charge < -0.3 is 19.8 Å². The van der Waals surface area contributed by atoms with Gasteiger partial charge in [0.1, 0.15) is 0 Å². The molecule has 1 heterocycles. The molecule has 1 aliphatic rings. The van der Waals surface area contributed by atoms with Gasteiger partial charge in [0.05, 0.1) is 25.4 Å². The zero-order chi connectivity index (χ0) is 13.7. The number of benzene rings is 1. The highest BCUT2D eigenvalue weighted by Gasteiger charge is 2.19. The summed E-state index contributed by atoms with van der Waals surface area (Å²) in [6.45, 7) is 4.27. The van der Waals surface area contributed by atoms with Crippen LogP contribution < -0.4 is 4.90 Å². The van der Waals surface area contributed by atoms with Crippen LogP contribution in [0.5, 0.6) is 0 Å². The molecular weight excluding hydrogens is 242 g/mol. The van der Waals surface area contributed by atoms with Gasteiger partial charge in [-0.3, -0.25) is 0 Å². The maximum Gasteiger partial charge on any atom is 0.0761 e. The topological polar surface area (TPSA) is 52.9 Å². The van der Waals surface area contributed by atoms with Crippen LogP contribution in [-0.4, -0.2) is 42.6 Å². The largest absolute Gasteiger partial charge is 0.394 e. The SMILES string of the molecule is C[C@@H](O)c1ccc(N2CCC(OCCO)CC2)cc1. The molecule has 4 nitrogen and oxygen atoms in total. The molecule has 2 rings (SSSR count). The molecule has 0 bridgehead atoms. The number of piperidine rings is 1. The van der Waals surface area contributed by atoms with E-state index in [1.54, 1.807) is 6.92 Å². The Morgan fingerprint density at radius 3 is 2.42 bits per heavy atom. The second-order valence-corrected chi connectivity index (χ2v) is 5.05. The van der Waals surface area contributed by atoms with Crippen LogP contribution in [0.15, 0.2) is 24.3 Å². The second kappa shape index (κ2) is 6.89. The first-order chi connectivity index (χ1) is 9.20. The van der Waals surface area contributed by atoms with Gasteiger partial charge in [0.25, 0.3) is 0 Å². The first-order valence-electron chi connectivity index (χ1n) is 6.96. The van der Waals surface area contributed by atoms with E-state index in [4.69, 9.17) is 9.84 Å². The fourth-order valence-corrected chi connectivity index (χ4v) is 2.46. The molecule has 0 radical (unpaired) electrons. The maximum atomic E-state index is 9.49. The number of aliphatic hydroxyl groups excluding tert-OH is 2. The second-order valence-electron chi connectivity index (χ2n) is 5.05. The summed E-state index contributed by atoms with van der Waals surface area (Å²) in [6, 6.07) is 8.09. The van der Waals surface area contributed by atoms with E-state index in [0.29, 0.717) is 6.61 Å². The van der Waals surface area contributed by atoms with Crippen LogP contribution >= 0.6 is 0 Å². The summed E-state index contributed by atoms with van der Waals surface area (Å²) in [5.74, 6) is 0. The third kappa shape index (κ3) is 3.93. The molecular formula is C15H23NO3. The van der Waals surface area contributed by atoms with E-state index < -0.39 is 6.10 Å². The number of rotatable bonds is 5. The van der Waals surface area contributed by atoms with Crippen molar-refractivity contribution in [1.29, 1.82) is 0 Å². The molecule has 1 fully saturated rings. The molecule has 106 valence electrons. The predicted octanol–water partition coefficient (Wildman–Crippen LogP) is 1.72. The lowest BCUT2D eigenvalue weighted by Gasteiger charge is -2.33. The van der Waals surface area contributed by atoms with Gasteiger partial charge >= 0.3 is 0 Å². The fraction of sp³-hybridized carbons (Fsp3) is 0.600. The highest BCUT2D eigenvalue weighted by atomic mass is 16.5. The fourth-order valence-electron chi connectivity index (χ4n) is 2.46. The molecule has 0 saturated carbocycles. The summed E-state index contributed by atoms with van der Waals surface area (Å²) in [4.78, 5) is 2.34. The molecule has 0 aromatic heterocycles. The van der Waals surface area contributed by atoms with E-state index >= 15 is 0 Å². The highest BCUT2D eigenvalue weighted by molar-refractivity contribution is 5.48. The van der Waals surface area contributed by atoms with E-state index in [9.17, 15) is 5.11 Å². The maximum absolute atomic E-state index is 9.49. The molecule has 0 spiro atoms. The molecule has 1 atom stereocenters. The minimum Gasteiger partial charge on any atom is -0.394 e. The molecule has 1 aliphatic heterocycles. The average Bonchev–Trinajstić information content (AvgIpc) is 2.46. The highest BCUT2D eigenvalue weighted by Crippen LogP contribution is 2.23. The normalized spacial score (nSPS) is 18.6. The summed E-state index contributed by atoms with van der Waals surface area (Å²) in [7, 11) is 0. The Labute approximate surface area is 114 Å². The van der Waals surface area contributed by atoms with Gasteiger partial charge in [-0.05, 0) is 37.5 Å². The summed E-state index contributed by atoms with van der Waals surface area (Å²) in [5, 5.41) is 18.2. The number of hydrogen-bond acceptors (Lipinski definition) is 4. The molecule has 4 heteroatoms. The van der Waals surface area contributed by atoms with Gasteiger partial charge in [-0.15, -0.1) is 0 Å². The van der Waals surface area contributed by atoms with E-state index in [2.05, 4.69) is 17.0 Å². The predicted molar refractivity (Wildman–Crippen MR) is 75.3 cm³/mol. The van der Waals surface area contributed by atoms with Crippen LogP contribution in [0.4, 0.5) is 5.69 Å². The smallest absolute Gasteiger partial charge is 0.0761 e. The quantitative estimate of drug-likeness (QED) is 0.851. The Morgan fingerprint density at radius 2 is 1.89 bits per heavy atom. The summed E-state index contributed by atoms with van der Waals surface area (Å²) in [5.41, 5.74) is 2.15. The number of hydrogen-bond donors (Lipinski definition) is 2. The van der Waals surface area contributed by atoms with Gasteiger partial charge in [0.2, 0.25) is 0 Å².